The van der Waals surface area contributed by atoms with Gasteiger partial charge in [-0.2, -0.15) is 0 Å². The molecule has 2 aromatic carbocycles. The van der Waals surface area contributed by atoms with Crippen LogP contribution in [0.5, 0.6) is 0 Å². The largest absolute Gasteiger partial charge is 0.337 e. The van der Waals surface area contributed by atoms with Gasteiger partial charge in [-0.1, -0.05) is 40.2 Å². The molecule has 29 heavy (non-hydrogen) atoms. The standard InChI is InChI=1S/C23H23BrN4S/c1-17-8-9-19(14-18(17)2)26-23-28(12-5-11-27-13-10-25-16-27)22(15-29-23)20-6-3-4-7-21(20)24/h3-4,6-10,13-16H,5,11-12H2,1-2H3. The molecule has 0 unspecified atom stereocenters. The first-order valence-electron chi connectivity index (χ1n) is 9.63. The lowest BCUT2D eigenvalue weighted by Crippen LogP contribution is -2.17. The van der Waals surface area contributed by atoms with Crippen LogP contribution >= 0.6 is 27.3 Å². The molecule has 0 atom stereocenters. The second-order valence-electron chi connectivity index (χ2n) is 7.07. The van der Waals surface area contributed by atoms with Gasteiger partial charge in [-0.25, -0.2) is 9.98 Å². The summed E-state index contributed by atoms with van der Waals surface area (Å²) in [6.07, 6.45) is 6.70. The summed E-state index contributed by atoms with van der Waals surface area (Å²) in [5, 5.41) is 2.21. The number of nitrogens with zero attached hydrogens (tertiary/aromatic N) is 4. The maximum absolute atomic E-state index is 4.98. The van der Waals surface area contributed by atoms with Gasteiger partial charge in [0.05, 0.1) is 17.7 Å². The lowest BCUT2D eigenvalue weighted by atomic mass is 10.1. The summed E-state index contributed by atoms with van der Waals surface area (Å²) in [6, 6.07) is 14.7. The second-order valence-corrected chi connectivity index (χ2v) is 8.76. The van der Waals surface area contributed by atoms with Crippen molar-refractivity contribution in [2.75, 3.05) is 0 Å². The van der Waals surface area contributed by atoms with Crippen molar-refractivity contribution in [3.8, 4) is 11.3 Å². The third kappa shape index (κ3) is 4.60. The van der Waals surface area contributed by atoms with Gasteiger partial charge in [0.15, 0.2) is 4.80 Å². The Kier molecular flexibility index (Phi) is 6.11. The molecule has 0 bridgehead atoms. The van der Waals surface area contributed by atoms with Crippen LogP contribution in [0.2, 0.25) is 0 Å². The zero-order valence-electron chi connectivity index (χ0n) is 16.5. The van der Waals surface area contributed by atoms with Gasteiger partial charge in [0, 0.05) is 40.9 Å². The third-order valence-corrected chi connectivity index (χ3v) is 6.58. The Hall–Kier alpha value is -2.44. The molecule has 0 aliphatic rings. The Morgan fingerprint density at radius 1 is 1.07 bits per heavy atom. The first kappa shape index (κ1) is 19.9. The second kappa shape index (κ2) is 8.93. The van der Waals surface area contributed by atoms with Crippen molar-refractivity contribution in [3.05, 3.63) is 87.0 Å². The Labute approximate surface area is 183 Å². The molecule has 0 spiro atoms. The molecule has 0 aliphatic heterocycles. The highest BCUT2D eigenvalue weighted by Crippen LogP contribution is 2.29. The van der Waals surface area contributed by atoms with Crippen molar-refractivity contribution >= 4 is 33.0 Å². The van der Waals surface area contributed by atoms with Crippen molar-refractivity contribution in [1.82, 2.24) is 14.1 Å². The predicted octanol–water partition coefficient (Wildman–Crippen LogP) is 6.12. The van der Waals surface area contributed by atoms with Crippen molar-refractivity contribution < 1.29 is 0 Å². The fourth-order valence-corrected chi connectivity index (χ4v) is 4.69. The van der Waals surface area contributed by atoms with Gasteiger partial charge >= 0.3 is 0 Å². The molecule has 2 heterocycles. The molecule has 0 aliphatic carbocycles. The maximum Gasteiger partial charge on any atom is 0.190 e. The average Bonchev–Trinajstić information content (AvgIpc) is 3.36. The number of aromatic nitrogens is 3. The van der Waals surface area contributed by atoms with Crippen LogP contribution in [0.3, 0.4) is 0 Å². The zero-order valence-corrected chi connectivity index (χ0v) is 18.9. The van der Waals surface area contributed by atoms with Crippen LogP contribution in [0.25, 0.3) is 11.3 Å². The smallest absolute Gasteiger partial charge is 0.190 e. The number of thiazole rings is 1. The van der Waals surface area contributed by atoms with Gasteiger partial charge in [0.2, 0.25) is 0 Å². The lowest BCUT2D eigenvalue weighted by molar-refractivity contribution is 0.559. The lowest BCUT2D eigenvalue weighted by Gasteiger charge is -2.11. The van der Waals surface area contributed by atoms with Gasteiger partial charge < -0.3 is 9.13 Å². The number of hydrogen-bond donors (Lipinski definition) is 0. The Balaban J connectivity index is 1.73. The molecule has 0 saturated carbocycles. The van der Waals surface area contributed by atoms with Crippen LogP contribution in [0.1, 0.15) is 17.5 Å². The van der Waals surface area contributed by atoms with E-state index in [1.54, 1.807) is 11.3 Å². The molecule has 6 heteroatoms. The monoisotopic (exact) mass is 466 g/mol. The highest BCUT2D eigenvalue weighted by atomic mass is 79.9. The van der Waals surface area contributed by atoms with Gasteiger partial charge in [-0.05, 0) is 49.6 Å². The van der Waals surface area contributed by atoms with E-state index in [2.05, 4.69) is 85.7 Å². The molecular formula is C23H23BrN4S. The molecular weight excluding hydrogens is 444 g/mol. The molecule has 148 valence electrons. The summed E-state index contributed by atoms with van der Waals surface area (Å²) in [6.45, 7) is 6.09. The average molecular weight is 467 g/mol. The van der Waals surface area contributed by atoms with Crippen LogP contribution in [0, 0.1) is 13.8 Å². The van der Waals surface area contributed by atoms with Crippen molar-refractivity contribution in [2.24, 2.45) is 4.99 Å². The maximum atomic E-state index is 4.98. The first-order chi connectivity index (χ1) is 14.1. The number of rotatable bonds is 6. The summed E-state index contributed by atoms with van der Waals surface area (Å²) < 4.78 is 5.54. The Morgan fingerprint density at radius 3 is 2.69 bits per heavy atom. The minimum Gasteiger partial charge on any atom is -0.337 e. The third-order valence-electron chi connectivity index (χ3n) is 5.02. The Bertz CT molecular complexity index is 1170. The molecule has 0 fully saturated rings. The fraction of sp³-hybridized carbons (Fsp3) is 0.217. The molecule has 2 aromatic heterocycles. The van der Waals surface area contributed by atoms with E-state index >= 15 is 0 Å². The van der Waals surface area contributed by atoms with E-state index in [1.807, 2.05) is 24.8 Å². The van der Waals surface area contributed by atoms with Crippen LogP contribution in [-0.4, -0.2) is 14.1 Å². The molecule has 0 radical (unpaired) electrons. The summed E-state index contributed by atoms with van der Waals surface area (Å²) in [5.74, 6) is 0. The van der Waals surface area contributed by atoms with Crippen molar-refractivity contribution in [3.63, 3.8) is 0 Å². The van der Waals surface area contributed by atoms with E-state index < -0.39 is 0 Å². The van der Waals surface area contributed by atoms with Gasteiger partial charge in [-0.15, -0.1) is 11.3 Å². The zero-order chi connectivity index (χ0) is 20.2. The number of aryl methyl sites for hydroxylation is 3. The summed E-state index contributed by atoms with van der Waals surface area (Å²) >= 11 is 5.40. The first-order valence-corrected chi connectivity index (χ1v) is 11.3. The topological polar surface area (TPSA) is 35.1 Å². The van der Waals surface area contributed by atoms with Crippen LogP contribution in [0.4, 0.5) is 5.69 Å². The van der Waals surface area contributed by atoms with E-state index in [1.165, 1.54) is 22.4 Å². The molecule has 0 N–H and O–H groups in total. The van der Waals surface area contributed by atoms with Crippen LogP contribution < -0.4 is 4.80 Å². The normalized spacial score (nSPS) is 11.9. The summed E-state index contributed by atoms with van der Waals surface area (Å²) in [7, 11) is 0. The minimum atomic E-state index is 0.891. The van der Waals surface area contributed by atoms with E-state index in [4.69, 9.17) is 4.99 Å². The number of hydrogen-bond acceptors (Lipinski definition) is 3. The summed E-state index contributed by atoms with van der Waals surface area (Å²) in [4.78, 5) is 10.1. The number of halogens is 1. The predicted molar refractivity (Wildman–Crippen MR) is 123 cm³/mol. The molecule has 0 amide bonds. The van der Waals surface area contributed by atoms with E-state index in [9.17, 15) is 0 Å². The number of benzene rings is 2. The van der Waals surface area contributed by atoms with Crippen molar-refractivity contribution in [2.45, 2.75) is 33.4 Å². The van der Waals surface area contributed by atoms with Crippen molar-refractivity contribution in [1.29, 1.82) is 0 Å². The fourth-order valence-electron chi connectivity index (χ4n) is 3.26. The van der Waals surface area contributed by atoms with Gasteiger partial charge in [0.25, 0.3) is 0 Å². The molecule has 0 saturated heterocycles. The van der Waals surface area contributed by atoms with Crippen LogP contribution in [0.15, 0.2) is 76.0 Å². The van der Waals surface area contributed by atoms with Crippen LogP contribution in [-0.2, 0) is 13.1 Å². The molecule has 4 rings (SSSR count). The number of imidazole rings is 1. The Morgan fingerprint density at radius 2 is 1.93 bits per heavy atom. The highest BCUT2D eigenvalue weighted by Gasteiger charge is 2.11. The molecule has 4 nitrogen and oxygen atoms in total. The quantitative estimate of drug-likeness (QED) is 0.337. The summed E-state index contributed by atoms with van der Waals surface area (Å²) in [5.41, 5.74) is 5.93. The SMILES string of the molecule is Cc1ccc(N=c2scc(-c3ccccc3Br)n2CCCn2ccnc2)cc1C. The minimum absolute atomic E-state index is 0.891. The highest BCUT2D eigenvalue weighted by molar-refractivity contribution is 9.10. The van der Waals surface area contributed by atoms with Gasteiger partial charge in [0.1, 0.15) is 0 Å². The molecule has 4 aromatic rings. The van der Waals surface area contributed by atoms with E-state index in [-0.39, 0.29) is 0 Å². The van der Waals surface area contributed by atoms with E-state index in [0.29, 0.717) is 0 Å². The van der Waals surface area contributed by atoms with Gasteiger partial charge in [-0.3, -0.25) is 0 Å². The van der Waals surface area contributed by atoms with E-state index in [0.717, 1.165) is 34.5 Å².